The van der Waals surface area contributed by atoms with Crippen LogP contribution >= 0.6 is 0 Å². The van der Waals surface area contributed by atoms with Crippen molar-refractivity contribution in [1.29, 1.82) is 0 Å². The first-order valence-electron chi connectivity index (χ1n) is 7.26. The molecule has 6 heteroatoms. The molecule has 2 amide bonds. The molecule has 118 valence electrons. The molecule has 0 aromatic heterocycles. The van der Waals surface area contributed by atoms with Crippen LogP contribution < -0.4 is 10.2 Å². The standard InChI is InChI=1S/C16H20N2O4/c1-9(2)14(16(21)22)17-15(20)12-4-5-13-11(8-12)6-7-18(13)10(3)19/h4-5,8-9,14H,6-7H2,1-3H3,(H,17,20)(H,21,22)/t14-/m0/s1. The molecule has 1 heterocycles. The molecular formula is C16H20N2O4. The van der Waals surface area contributed by atoms with Crippen molar-refractivity contribution in [1.82, 2.24) is 5.32 Å². The first-order chi connectivity index (χ1) is 10.3. The van der Waals surface area contributed by atoms with Gasteiger partial charge < -0.3 is 15.3 Å². The smallest absolute Gasteiger partial charge is 0.326 e. The summed E-state index contributed by atoms with van der Waals surface area (Å²) >= 11 is 0. The van der Waals surface area contributed by atoms with Crippen molar-refractivity contribution in [3.05, 3.63) is 29.3 Å². The van der Waals surface area contributed by atoms with Gasteiger partial charge >= 0.3 is 5.97 Å². The van der Waals surface area contributed by atoms with E-state index in [0.717, 1.165) is 11.3 Å². The average molecular weight is 304 g/mol. The van der Waals surface area contributed by atoms with E-state index in [2.05, 4.69) is 5.32 Å². The summed E-state index contributed by atoms with van der Waals surface area (Å²) < 4.78 is 0. The lowest BCUT2D eigenvalue weighted by Gasteiger charge is -2.18. The minimum absolute atomic E-state index is 0.0262. The van der Waals surface area contributed by atoms with E-state index < -0.39 is 17.9 Å². The summed E-state index contributed by atoms with van der Waals surface area (Å²) in [5, 5.41) is 11.7. The average Bonchev–Trinajstić information content (AvgIpc) is 2.86. The zero-order valence-electron chi connectivity index (χ0n) is 12.9. The van der Waals surface area contributed by atoms with Gasteiger partial charge in [0.2, 0.25) is 5.91 Å². The summed E-state index contributed by atoms with van der Waals surface area (Å²) in [5.41, 5.74) is 2.16. The summed E-state index contributed by atoms with van der Waals surface area (Å²) in [7, 11) is 0. The van der Waals surface area contributed by atoms with Crippen molar-refractivity contribution < 1.29 is 19.5 Å². The highest BCUT2D eigenvalue weighted by atomic mass is 16.4. The molecule has 0 saturated carbocycles. The van der Waals surface area contributed by atoms with E-state index in [0.29, 0.717) is 18.5 Å². The maximum atomic E-state index is 12.2. The van der Waals surface area contributed by atoms with E-state index in [1.54, 1.807) is 36.9 Å². The van der Waals surface area contributed by atoms with Crippen molar-refractivity contribution in [3.63, 3.8) is 0 Å². The molecule has 0 aliphatic carbocycles. The summed E-state index contributed by atoms with van der Waals surface area (Å²) in [5.74, 6) is -1.69. The van der Waals surface area contributed by atoms with Gasteiger partial charge in [0, 0.05) is 24.7 Å². The van der Waals surface area contributed by atoms with Gasteiger partial charge in [-0.05, 0) is 36.1 Å². The number of rotatable bonds is 4. The normalized spacial score (nSPS) is 14.6. The Labute approximate surface area is 129 Å². The molecule has 0 fully saturated rings. The second-order valence-corrected chi connectivity index (χ2v) is 5.80. The molecule has 1 atom stereocenters. The first kappa shape index (κ1) is 16.0. The number of anilines is 1. The van der Waals surface area contributed by atoms with Crippen LogP contribution in [0.15, 0.2) is 18.2 Å². The Balaban J connectivity index is 2.19. The number of carbonyl (C=O) groups is 3. The number of fused-ring (bicyclic) bond motifs is 1. The number of nitrogens with one attached hydrogen (secondary N) is 1. The Morgan fingerprint density at radius 2 is 1.95 bits per heavy atom. The number of carbonyl (C=O) groups excluding carboxylic acids is 2. The van der Waals surface area contributed by atoms with E-state index in [-0.39, 0.29) is 11.8 Å². The number of nitrogens with zero attached hydrogens (tertiary/aromatic N) is 1. The van der Waals surface area contributed by atoms with E-state index in [9.17, 15) is 14.4 Å². The number of carboxylic acids is 1. The van der Waals surface area contributed by atoms with Crippen molar-refractivity contribution in [2.75, 3.05) is 11.4 Å². The van der Waals surface area contributed by atoms with Crippen molar-refractivity contribution in [3.8, 4) is 0 Å². The minimum atomic E-state index is -1.05. The topological polar surface area (TPSA) is 86.7 Å². The van der Waals surface area contributed by atoms with Gasteiger partial charge in [-0.3, -0.25) is 9.59 Å². The molecule has 1 aromatic rings. The number of hydrogen-bond acceptors (Lipinski definition) is 3. The highest BCUT2D eigenvalue weighted by molar-refractivity contribution is 5.99. The largest absolute Gasteiger partial charge is 0.480 e. The lowest BCUT2D eigenvalue weighted by molar-refractivity contribution is -0.140. The van der Waals surface area contributed by atoms with Crippen LogP contribution in [0.5, 0.6) is 0 Å². The third-order valence-electron chi connectivity index (χ3n) is 3.84. The minimum Gasteiger partial charge on any atom is -0.480 e. The van der Waals surface area contributed by atoms with Crippen LogP contribution in [0.4, 0.5) is 5.69 Å². The highest BCUT2D eigenvalue weighted by Gasteiger charge is 2.26. The second-order valence-electron chi connectivity index (χ2n) is 5.80. The zero-order chi connectivity index (χ0) is 16.4. The Hall–Kier alpha value is -2.37. The molecule has 1 aromatic carbocycles. The third-order valence-corrected chi connectivity index (χ3v) is 3.84. The Kier molecular flexibility index (Phi) is 4.49. The maximum Gasteiger partial charge on any atom is 0.326 e. The fourth-order valence-electron chi connectivity index (χ4n) is 2.61. The van der Waals surface area contributed by atoms with Crippen LogP contribution in [-0.2, 0) is 16.0 Å². The number of aliphatic carboxylic acids is 1. The molecule has 0 radical (unpaired) electrons. The Morgan fingerprint density at radius 1 is 1.27 bits per heavy atom. The van der Waals surface area contributed by atoms with E-state index in [1.165, 1.54) is 6.92 Å². The first-order valence-corrected chi connectivity index (χ1v) is 7.26. The summed E-state index contributed by atoms with van der Waals surface area (Å²) in [6, 6.07) is 4.17. The number of hydrogen-bond donors (Lipinski definition) is 2. The van der Waals surface area contributed by atoms with Crippen LogP contribution in [0, 0.1) is 5.92 Å². The highest BCUT2D eigenvalue weighted by Crippen LogP contribution is 2.28. The summed E-state index contributed by atoms with van der Waals surface area (Å²) in [6.45, 7) is 5.61. The van der Waals surface area contributed by atoms with Gasteiger partial charge in [-0.2, -0.15) is 0 Å². The van der Waals surface area contributed by atoms with Gasteiger partial charge in [0.05, 0.1) is 0 Å². The summed E-state index contributed by atoms with van der Waals surface area (Å²) in [4.78, 5) is 36.6. The quantitative estimate of drug-likeness (QED) is 0.881. The molecule has 0 unspecified atom stereocenters. The molecule has 1 aliphatic rings. The second kappa shape index (κ2) is 6.17. The van der Waals surface area contributed by atoms with Crippen LogP contribution in [0.3, 0.4) is 0 Å². The Bertz CT molecular complexity index is 625. The van der Waals surface area contributed by atoms with Gasteiger partial charge in [0.15, 0.2) is 0 Å². The van der Waals surface area contributed by atoms with Crippen LogP contribution in [0.2, 0.25) is 0 Å². The molecule has 0 saturated heterocycles. The SMILES string of the molecule is CC(=O)N1CCc2cc(C(=O)N[C@H](C(=O)O)C(C)C)ccc21. The van der Waals surface area contributed by atoms with E-state index in [1.807, 2.05) is 0 Å². The van der Waals surface area contributed by atoms with Crippen molar-refractivity contribution in [2.24, 2.45) is 5.92 Å². The Morgan fingerprint density at radius 3 is 2.50 bits per heavy atom. The van der Waals surface area contributed by atoms with E-state index >= 15 is 0 Å². The molecule has 22 heavy (non-hydrogen) atoms. The monoisotopic (exact) mass is 304 g/mol. The summed E-state index contributed by atoms with van der Waals surface area (Å²) in [6.07, 6.45) is 0.697. The van der Waals surface area contributed by atoms with Gasteiger partial charge in [-0.25, -0.2) is 4.79 Å². The number of amides is 2. The molecule has 1 aliphatic heterocycles. The molecule has 0 bridgehead atoms. The predicted octanol–water partition coefficient (Wildman–Crippen LogP) is 1.43. The molecule has 6 nitrogen and oxygen atoms in total. The fourth-order valence-corrected chi connectivity index (χ4v) is 2.61. The maximum absolute atomic E-state index is 12.2. The molecular weight excluding hydrogens is 284 g/mol. The van der Waals surface area contributed by atoms with Gasteiger partial charge in [-0.1, -0.05) is 13.8 Å². The van der Waals surface area contributed by atoms with Crippen molar-refractivity contribution >= 4 is 23.5 Å². The lowest BCUT2D eigenvalue weighted by Crippen LogP contribution is -2.44. The fraction of sp³-hybridized carbons (Fsp3) is 0.438. The van der Waals surface area contributed by atoms with Gasteiger partial charge in [0.1, 0.15) is 6.04 Å². The molecule has 0 spiro atoms. The van der Waals surface area contributed by atoms with Crippen LogP contribution in [0.25, 0.3) is 0 Å². The van der Waals surface area contributed by atoms with Crippen LogP contribution in [0.1, 0.15) is 36.7 Å². The zero-order valence-corrected chi connectivity index (χ0v) is 12.9. The van der Waals surface area contributed by atoms with Crippen LogP contribution in [-0.4, -0.2) is 35.5 Å². The molecule has 2 N–H and O–H groups in total. The number of carboxylic acid groups (broad SMARTS) is 1. The van der Waals surface area contributed by atoms with Gasteiger partial charge in [0.25, 0.3) is 5.91 Å². The molecule has 2 rings (SSSR count). The van der Waals surface area contributed by atoms with Crippen molar-refractivity contribution in [2.45, 2.75) is 33.2 Å². The third kappa shape index (κ3) is 3.10. The lowest BCUT2D eigenvalue weighted by atomic mass is 10.0. The number of benzene rings is 1. The van der Waals surface area contributed by atoms with Gasteiger partial charge in [-0.15, -0.1) is 0 Å². The predicted molar refractivity (Wildman–Crippen MR) is 81.9 cm³/mol. The van der Waals surface area contributed by atoms with E-state index in [4.69, 9.17) is 5.11 Å².